The molecule has 7 heteroatoms. The van der Waals surface area contributed by atoms with Crippen LogP contribution < -0.4 is 11.1 Å². The molecule has 0 aromatic heterocycles. The van der Waals surface area contributed by atoms with Gasteiger partial charge in [-0.2, -0.15) is 0 Å². The van der Waals surface area contributed by atoms with Crippen LogP contribution in [-0.2, 0) is 9.53 Å². The van der Waals surface area contributed by atoms with Crippen molar-refractivity contribution in [3.05, 3.63) is 40.0 Å². The molecule has 19 heavy (non-hydrogen) atoms. The normalized spacial score (nSPS) is 10.4. The smallest absolute Gasteiger partial charge is 0.330 e. The Morgan fingerprint density at radius 3 is 2.89 bits per heavy atom. The van der Waals surface area contributed by atoms with Crippen molar-refractivity contribution < 1.29 is 14.5 Å². The minimum atomic E-state index is -0.520. The molecule has 0 heterocycles. The van der Waals surface area contributed by atoms with Gasteiger partial charge in [0.1, 0.15) is 5.69 Å². The summed E-state index contributed by atoms with van der Waals surface area (Å²) in [6.07, 6.45) is 2.65. The molecule has 0 aliphatic carbocycles. The third kappa shape index (κ3) is 4.40. The number of nitrogens with one attached hydrogen (secondary N) is 1. The second-order valence-electron chi connectivity index (χ2n) is 3.61. The number of nitrogens with two attached hydrogens (primary N) is 1. The predicted octanol–water partition coefficient (Wildman–Crippen LogP) is 1.15. The fraction of sp³-hybridized carbons (Fsp3) is 0.250. The van der Waals surface area contributed by atoms with E-state index >= 15 is 0 Å². The zero-order valence-electron chi connectivity index (χ0n) is 10.5. The van der Waals surface area contributed by atoms with Gasteiger partial charge in [0, 0.05) is 25.2 Å². The van der Waals surface area contributed by atoms with Crippen molar-refractivity contribution >= 4 is 23.4 Å². The van der Waals surface area contributed by atoms with E-state index in [1.54, 1.807) is 12.1 Å². The van der Waals surface area contributed by atoms with Crippen molar-refractivity contribution in [2.75, 3.05) is 25.5 Å². The summed E-state index contributed by atoms with van der Waals surface area (Å²) in [5, 5.41) is 13.8. The molecule has 0 radical (unpaired) electrons. The second-order valence-corrected chi connectivity index (χ2v) is 3.61. The third-order valence-electron chi connectivity index (χ3n) is 2.29. The maximum Gasteiger partial charge on any atom is 0.330 e. The SMILES string of the molecule is COC(=O)C=Cc1ccc(NCCN)c([N+](=O)[O-])c1. The number of anilines is 1. The van der Waals surface area contributed by atoms with E-state index < -0.39 is 10.9 Å². The summed E-state index contributed by atoms with van der Waals surface area (Å²) in [5.74, 6) is -0.520. The van der Waals surface area contributed by atoms with Crippen LogP contribution in [0.1, 0.15) is 5.56 Å². The first kappa shape index (κ1) is 14.7. The molecule has 0 bridgehead atoms. The maximum atomic E-state index is 11.0. The van der Waals surface area contributed by atoms with Crippen LogP contribution in [-0.4, -0.2) is 31.1 Å². The van der Waals surface area contributed by atoms with Gasteiger partial charge in [-0.1, -0.05) is 6.07 Å². The van der Waals surface area contributed by atoms with Gasteiger partial charge in [-0.05, 0) is 17.7 Å². The molecule has 102 valence electrons. The van der Waals surface area contributed by atoms with Crippen molar-refractivity contribution in [2.24, 2.45) is 5.73 Å². The molecule has 3 N–H and O–H groups in total. The molecule has 0 saturated carbocycles. The van der Waals surface area contributed by atoms with Crippen molar-refractivity contribution in [2.45, 2.75) is 0 Å². The summed E-state index contributed by atoms with van der Waals surface area (Å²) in [4.78, 5) is 21.4. The Morgan fingerprint density at radius 2 is 2.32 bits per heavy atom. The van der Waals surface area contributed by atoms with Crippen molar-refractivity contribution in [1.82, 2.24) is 0 Å². The number of benzene rings is 1. The standard InChI is InChI=1S/C12H15N3O4/c1-19-12(16)5-3-9-2-4-10(14-7-6-13)11(8-9)15(17)18/h2-5,8,14H,6-7,13H2,1H3. The van der Waals surface area contributed by atoms with Crippen LogP contribution in [0.2, 0.25) is 0 Å². The van der Waals surface area contributed by atoms with Gasteiger partial charge in [0.25, 0.3) is 5.69 Å². The van der Waals surface area contributed by atoms with Crippen LogP contribution in [0.3, 0.4) is 0 Å². The van der Waals surface area contributed by atoms with Gasteiger partial charge in [0.15, 0.2) is 0 Å². The van der Waals surface area contributed by atoms with E-state index in [9.17, 15) is 14.9 Å². The number of rotatable bonds is 6. The largest absolute Gasteiger partial charge is 0.466 e. The quantitative estimate of drug-likeness (QED) is 0.346. The van der Waals surface area contributed by atoms with Crippen LogP contribution in [0, 0.1) is 10.1 Å². The first-order chi connectivity index (χ1) is 9.08. The highest BCUT2D eigenvalue weighted by Crippen LogP contribution is 2.25. The van der Waals surface area contributed by atoms with Gasteiger partial charge in [-0.15, -0.1) is 0 Å². The topological polar surface area (TPSA) is 107 Å². The Morgan fingerprint density at radius 1 is 1.58 bits per heavy atom. The first-order valence-electron chi connectivity index (χ1n) is 5.57. The van der Waals surface area contributed by atoms with Gasteiger partial charge in [-0.25, -0.2) is 4.79 Å². The zero-order chi connectivity index (χ0) is 14.3. The zero-order valence-corrected chi connectivity index (χ0v) is 10.5. The summed E-state index contributed by atoms with van der Waals surface area (Å²) in [6.45, 7) is 0.819. The Bertz CT molecular complexity index is 500. The highest BCUT2D eigenvalue weighted by atomic mass is 16.6. The molecule has 0 spiro atoms. The summed E-state index contributed by atoms with van der Waals surface area (Å²) < 4.78 is 4.44. The molecule has 0 atom stereocenters. The van der Waals surface area contributed by atoms with Gasteiger partial charge < -0.3 is 15.8 Å². The number of carbonyl (C=O) groups excluding carboxylic acids is 1. The van der Waals surface area contributed by atoms with Crippen LogP contribution in [0.15, 0.2) is 24.3 Å². The molecule has 0 saturated heterocycles. The monoisotopic (exact) mass is 265 g/mol. The molecular formula is C12H15N3O4. The molecule has 0 fully saturated rings. The number of carbonyl (C=O) groups is 1. The lowest BCUT2D eigenvalue weighted by atomic mass is 10.1. The van der Waals surface area contributed by atoms with Gasteiger partial charge in [0.05, 0.1) is 12.0 Å². The Kier molecular flexibility index (Phi) is 5.49. The lowest BCUT2D eigenvalue weighted by molar-refractivity contribution is -0.384. The Labute approximate surface area is 110 Å². The molecule has 0 aliphatic rings. The molecule has 0 aliphatic heterocycles. The number of nitro benzene ring substituents is 1. The average molecular weight is 265 g/mol. The number of nitrogens with zero attached hydrogens (tertiary/aromatic N) is 1. The minimum Gasteiger partial charge on any atom is -0.466 e. The summed E-state index contributed by atoms with van der Waals surface area (Å²) in [6, 6.07) is 4.61. The van der Waals surface area contributed by atoms with E-state index in [4.69, 9.17) is 5.73 Å². The minimum absolute atomic E-state index is 0.0690. The van der Waals surface area contributed by atoms with Crippen LogP contribution in [0.25, 0.3) is 6.08 Å². The predicted molar refractivity (Wildman–Crippen MR) is 71.7 cm³/mol. The summed E-state index contributed by atoms with van der Waals surface area (Å²) in [5.41, 5.74) is 6.20. The van der Waals surface area contributed by atoms with E-state index in [1.165, 1.54) is 25.3 Å². The number of hydrogen-bond acceptors (Lipinski definition) is 6. The van der Waals surface area contributed by atoms with Crippen molar-refractivity contribution in [3.8, 4) is 0 Å². The van der Waals surface area contributed by atoms with E-state index in [2.05, 4.69) is 10.1 Å². The van der Waals surface area contributed by atoms with Crippen molar-refractivity contribution in [1.29, 1.82) is 0 Å². The Balaban J connectivity index is 2.98. The molecule has 7 nitrogen and oxygen atoms in total. The lowest BCUT2D eigenvalue weighted by Crippen LogP contribution is -2.13. The Hall–Kier alpha value is -2.41. The average Bonchev–Trinajstić information content (AvgIpc) is 2.42. The highest BCUT2D eigenvalue weighted by molar-refractivity contribution is 5.87. The van der Waals surface area contributed by atoms with Crippen LogP contribution in [0.4, 0.5) is 11.4 Å². The van der Waals surface area contributed by atoms with E-state index in [-0.39, 0.29) is 5.69 Å². The third-order valence-corrected chi connectivity index (χ3v) is 2.29. The molecule has 1 aromatic carbocycles. The highest BCUT2D eigenvalue weighted by Gasteiger charge is 2.13. The van der Waals surface area contributed by atoms with Crippen LogP contribution in [0.5, 0.6) is 0 Å². The molecule has 0 unspecified atom stereocenters. The summed E-state index contributed by atoms with van der Waals surface area (Å²) >= 11 is 0. The number of esters is 1. The maximum absolute atomic E-state index is 11.0. The van der Waals surface area contributed by atoms with E-state index in [1.807, 2.05) is 0 Å². The number of nitro groups is 1. The fourth-order valence-electron chi connectivity index (χ4n) is 1.39. The van der Waals surface area contributed by atoms with E-state index in [0.717, 1.165) is 0 Å². The van der Waals surface area contributed by atoms with Gasteiger partial charge >= 0.3 is 5.97 Å². The molecular weight excluding hydrogens is 250 g/mol. The fourth-order valence-corrected chi connectivity index (χ4v) is 1.39. The second kappa shape index (κ2) is 7.12. The molecule has 0 amide bonds. The number of hydrogen-bond donors (Lipinski definition) is 2. The summed E-state index contributed by atoms with van der Waals surface area (Å²) in [7, 11) is 1.26. The number of ether oxygens (including phenoxy) is 1. The van der Waals surface area contributed by atoms with E-state index in [0.29, 0.717) is 24.3 Å². The molecule has 1 aromatic rings. The number of methoxy groups -OCH3 is 1. The van der Waals surface area contributed by atoms with Gasteiger partial charge in [-0.3, -0.25) is 10.1 Å². The van der Waals surface area contributed by atoms with Crippen molar-refractivity contribution in [3.63, 3.8) is 0 Å². The first-order valence-corrected chi connectivity index (χ1v) is 5.57. The molecule has 1 rings (SSSR count). The van der Waals surface area contributed by atoms with Gasteiger partial charge in [0.2, 0.25) is 0 Å². The lowest BCUT2D eigenvalue weighted by Gasteiger charge is -2.06. The van der Waals surface area contributed by atoms with Crippen LogP contribution >= 0.6 is 0 Å².